The maximum Gasteiger partial charge on any atom is 0.128 e. The Morgan fingerprint density at radius 3 is 2.75 bits per heavy atom. The zero-order valence-corrected chi connectivity index (χ0v) is 14.2. The van der Waals surface area contributed by atoms with Crippen molar-refractivity contribution in [2.75, 3.05) is 23.3 Å². The van der Waals surface area contributed by atoms with Gasteiger partial charge in [0.25, 0.3) is 0 Å². The number of nitrogens with one attached hydrogen (secondary N) is 1. The standard InChI is InChI=1S/C20H22N4/c1-14-15(2)22-18-8-4-3-7-17(18)20(14)23-16-10-12-24(13-16)19-9-5-6-11-21-19/h3-9,11,16H,10,12-13H2,1-2H3,(H,22,23). The van der Waals surface area contributed by atoms with E-state index in [0.29, 0.717) is 6.04 Å². The molecule has 2 aromatic heterocycles. The molecule has 122 valence electrons. The van der Waals surface area contributed by atoms with E-state index >= 15 is 0 Å². The molecule has 0 amide bonds. The van der Waals surface area contributed by atoms with Gasteiger partial charge in [-0.2, -0.15) is 0 Å². The Hall–Kier alpha value is -2.62. The third-order valence-corrected chi connectivity index (χ3v) is 4.89. The Balaban J connectivity index is 1.60. The van der Waals surface area contributed by atoms with Gasteiger partial charge in [0.05, 0.1) is 5.52 Å². The van der Waals surface area contributed by atoms with Gasteiger partial charge in [0, 0.05) is 42.1 Å². The van der Waals surface area contributed by atoms with Crippen LogP contribution in [0.5, 0.6) is 0 Å². The highest BCUT2D eigenvalue weighted by Crippen LogP contribution is 2.30. The molecular formula is C20H22N4. The Kier molecular flexibility index (Phi) is 3.81. The molecule has 0 saturated carbocycles. The summed E-state index contributed by atoms with van der Waals surface area (Å²) in [5.41, 5.74) is 4.62. The number of pyridine rings is 2. The molecule has 1 saturated heterocycles. The number of nitrogens with zero attached hydrogens (tertiary/aromatic N) is 3. The Morgan fingerprint density at radius 2 is 1.92 bits per heavy atom. The molecule has 4 heteroatoms. The molecule has 1 aliphatic rings. The number of rotatable bonds is 3. The first kappa shape index (κ1) is 14.9. The van der Waals surface area contributed by atoms with Crippen LogP contribution in [0.15, 0.2) is 48.7 Å². The number of hydrogen-bond donors (Lipinski definition) is 1. The minimum absolute atomic E-state index is 0.427. The monoisotopic (exact) mass is 318 g/mol. The number of aryl methyl sites for hydroxylation is 1. The summed E-state index contributed by atoms with van der Waals surface area (Å²) in [6.07, 6.45) is 2.98. The maximum atomic E-state index is 4.71. The van der Waals surface area contributed by atoms with Gasteiger partial charge in [0.15, 0.2) is 0 Å². The summed E-state index contributed by atoms with van der Waals surface area (Å²) in [7, 11) is 0. The van der Waals surface area contributed by atoms with Crippen molar-refractivity contribution in [1.29, 1.82) is 0 Å². The van der Waals surface area contributed by atoms with E-state index in [9.17, 15) is 0 Å². The SMILES string of the molecule is Cc1nc2ccccc2c(NC2CCN(c3ccccn3)C2)c1C. The van der Waals surface area contributed by atoms with Crippen LogP contribution in [-0.2, 0) is 0 Å². The van der Waals surface area contributed by atoms with Crippen molar-refractivity contribution >= 4 is 22.4 Å². The van der Waals surface area contributed by atoms with Crippen LogP contribution in [0, 0.1) is 13.8 Å². The van der Waals surface area contributed by atoms with Gasteiger partial charge in [0.2, 0.25) is 0 Å². The second-order valence-electron chi connectivity index (χ2n) is 6.48. The maximum absolute atomic E-state index is 4.71. The Bertz CT molecular complexity index is 860. The van der Waals surface area contributed by atoms with Gasteiger partial charge < -0.3 is 10.2 Å². The van der Waals surface area contributed by atoms with Crippen molar-refractivity contribution in [3.05, 3.63) is 59.9 Å². The quantitative estimate of drug-likeness (QED) is 0.794. The number of benzene rings is 1. The van der Waals surface area contributed by atoms with Gasteiger partial charge in [-0.3, -0.25) is 4.98 Å². The Labute approximate surface area is 142 Å². The fourth-order valence-corrected chi connectivity index (χ4v) is 3.45. The number of fused-ring (bicyclic) bond motifs is 1. The van der Waals surface area contributed by atoms with Crippen LogP contribution in [0.4, 0.5) is 11.5 Å². The Morgan fingerprint density at radius 1 is 1.08 bits per heavy atom. The fraction of sp³-hybridized carbons (Fsp3) is 0.300. The topological polar surface area (TPSA) is 41.1 Å². The van der Waals surface area contributed by atoms with Crippen LogP contribution in [0.25, 0.3) is 10.9 Å². The summed E-state index contributed by atoms with van der Waals surface area (Å²) in [5.74, 6) is 1.06. The molecule has 1 aliphatic heterocycles. The van der Waals surface area contributed by atoms with Gasteiger partial charge in [-0.15, -0.1) is 0 Å². The zero-order chi connectivity index (χ0) is 16.5. The number of anilines is 2. The third-order valence-electron chi connectivity index (χ3n) is 4.89. The number of aromatic nitrogens is 2. The zero-order valence-electron chi connectivity index (χ0n) is 14.2. The van der Waals surface area contributed by atoms with Crippen LogP contribution in [0.2, 0.25) is 0 Å². The van der Waals surface area contributed by atoms with Gasteiger partial charge in [-0.05, 0) is 44.0 Å². The summed E-state index contributed by atoms with van der Waals surface area (Å²) in [4.78, 5) is 11.5. The van der Waals surface area contributed by atoms with Gasteiger partial charge in [-0.25, -0.2) is 4.98 Å². The molecule has 1 aromatic carbocycles. The van der Waals surface area contributed by atoms with Crippen LogP contribution in [0.3, 0.4) is 0 Å². The van der Waals surface area contributed by atoms with Crippen molar-refractivity contribution < 1.29 is 0 Å². The molecule has 0 bridgehead atoms. The molecule has 0 radical (unpaired) electrons. The molecule has 1 N–H and O–H groups in total. The van der Waals surface area contributed by atoms with E-state index in [4.69, 9.17) is 4.98 Å². The average Bonchev–Trinajstić information content (AvgIpc) is 3.08. The summed E-state index contributed by atoms with van der Waals surface area (Å²) >= 11 is 0. The van der Waals surface area contributed by atoms with E-state index in [2.05, 4.69) is 53.3 Å². The van der Waals surface area contributed by atoms with Crippen LogP contribution < -0.4 is 10.2 Å². The molecule has 0 spiro atoms. The predicted molar refractivity (Wildman–Crippen MR) is 99.7 cm³/mol. The molecular weight excluding hydrogens is 296 g/mol. The van der Waals surface area contributed by atoms with E-state index in [1.807, 2.05) is 24.4 Å². The lowest BCUT2D eigenvalue weighted by Crippen LogP contribution is -2.27. The number of para-hydroxylation sites is 1. The van der Waals surface area contributed by atoms with E-state index in [1.54, 1.807) is 0 Å². The van der Waals surface area contributed by atoms with Crippen molar-refractivity contribution in [2.24, 2.45) is 0 Å². The molecule has 3 heterocycles. The third kappa shape index (κ3) is 2.68. The van der Waals surface area contributed by atoms with E-state index in [1.165, 1.54) is 16.6 Å². The van der Waals surface area contributed by atoms with Gasteiger partial charge >= 0.3 is 0 Å². The largest absolute Gasteiger partial charge is 0.380 e. The van der Waals surface area contributed by atoms with Gasteiger partial charge in [0.1, 0.15) is 5.82 Å². The number of hydrogen-bond acceptors (Lipinski definition) is 4. The first-order chi connectivity index (χ1) is 11.7. The summed E-state index contributed by atoms with van der Waals surface area (Å²) in [6, 6.07) is 14.9. The molecule has 0 aliphatic carbocycles. The minimum Gasteiger partial charge on any atom is -0.380 e. The second-order valence-corrected chi connectivity index (χ2v) is 6.48. The van der Waals surface area contributed by atoms with Crippen molar-refractivity contribution in [1.82, 2.24) is 9.97 Å². The summed E-state index contributed by atoms with van der Waals surface area (Å²) in [6.45, 7) is 6.26. The highest BCUT2D eigenvalue weighted by atomic mass is 15.2. The van der Waals surface area contributed by atoms with Crippen molar-refractivity contribution in [3.8, 4) is 0 Å². The summed E-state index contributed by atoms with van der Waals surface area (Å²) in [5, 5.41) is 4.99. The smallest absolute Gasteiger partial charge is 0.128 e. The highest BCUT2D eigenvalue weighted by molar-refractivity contribution is 5.93. The van der Waals surface area contributed by atoms with Crippen LogP contribution >= 0.6 is 0 Å². The molecule has 4 rings (SSSR count). The lowest BCUT2D eigenvalue weighted by Gasteiger charge is -2.21. The lowest BCUT2D eigenvalue weighted by molar-refractivity contribution is 0.805. The summed E-state index contributed by atoms with van der Waals surface area (Å²) < 4.78 is 0. The van der Waals surface area contributed by atoms with E-state index < -0.39 is 0 Å². The lowest BCUT2D eigenvalue weighted by atomic mass is 10.1. The molecule has 1 atom stereocenters. The second kappa shape index (κ2) is 6.11. The molecule has 24 heavy (non-hydrogen) atoms. The van der Waals surface area contributed by atoms with E-state index in [0.717, 1.165) is 36.5 Å². The van der Waals surface area contributed by atoms with Crippen LogP contribution in [0.1, 0.15) is 17.7 Å². The minimum atomic E-state index is 0.427. The molecule has 1 unspecified atom stereocenters. The van der Waals surface area contributed by atoms with Gasteiger partial charge in [-0.1, -0.05) is 24.3 Å². The average molecular weight is 318 g/mol. The first-order valence-electron chi connectivity index (χ1n) is 8.51. The predicted octanol–water partition coefficient (Wildman–Crippen LogP) is 3.94. The molecule has 4 nitrogen and oxygen atoms in total. The molecule has 1 fully saturated rings. The molecule has 3 aromatic rings. The van der Waals surface area contributed by atoms with Crippen molar-refractivity contribution in [2.45, 2.75) is 26.3 Å². The fourth-order valence-electron chi connectivity index (χ4n) is 3.45. The van der Waals surface area contributed by atoms with E-state index in [-0.39, 0.29) is 0 Å². The van der Waals surface area contributed by atoms with Crippen LogP contribution in [-0.4, -0.2) is 29.1 Å². The first-order valence-corrected chi connectivity index (χ1v) is 8.51. The normalized spacial score (nSPS) is 17.4. The van der Waals surface area contributed by atoms with Crippen molar-refractivity contribution in [3.63, 3.8) is 0 Å². The highest BCUT2D eigenvalue weighted by Gasteiger charge is 2.24.